The Morgan fingerprint density at radius 3 is 2.52 bits per heavy atom. The number of nitrogens with one attached hydrogen (secondary N) is 2. The number of piperidine rings is 1. The van der Waals surface area contributed by atoms with Crippen LogP contribution in [0.4, 0.5) is 0 Å². The zero-order valence-corrected chi connectivity index (χ0v) is 16.2. The highest BCUT2D eigenvalue weighted by Crippen LogP contribution is 2.18. The topological polar surface area (TPSA) is 48.9 Å². The molecule has 1 saturated heterocycles. The number of nitrogens with zero attached hydrogens (tertiary/aromatic N) is 2. The summed E-state index contributed by atoms with van der Waals surface area (Å²) < 4.78 is 5.31. The van der Waals surface area contributed by atoms with E-state index in [4.69, 9.17) is 4.74 Å². The van der Waals surface area contributed by atoms with Crippen molar-refractivity contribution in [2.75, 3.05) is 53.5 Å². The van der Waals surface area contributed by atoms with Crippen molar-refractivity contribution in [2.45, 2.75) is 32.6 Å². The van der Waals surface area contributed by atoms with Crippen LogP contribution in [0.25, 0.3) is 0 Å². The van der Waals surface area contributed by atoms with Crippen LogP contribution in [0.3, 0.4) is 0 Å². The van der Waals surface area contributed by atoms with Gasteiger partial charge in [0.05, 0.1) is 0 Å². The van der Waals surface area contributed by atoms with Gasteiger partial charge in [0.25, 0.3) is 0 Å². The van der Waals surface area contributed by atoms with Crippen LogP contribution in [-0.2, 0) is 4.74 Å². The van der Waals surface area contributed by atoms with Crippen molar-refractivity contribution >= 4 is 29.9 Å². The molecule has 1 rings (SSSR count). The first-order chi connectivity index (χ1) is 9.76. The van der Waals surface area contributed by atoms with E-state index in [9.17, 15) is 0 Å². The first kappa shape index (κ1) is 20.9. The van der Waals surface area contributed by atoms with Gasteiger partial charge in [0.1, 0.15) is 0 Å². The number of hydrogen-bond donors (Lipinski definition) is 2. The Hall–Kier alpha value is -0.0800. The van der Waals surface area contributed by atoms with Crippen molar-refractivity contribution in [2.24, 2.45) is 10.9 Å². The Bertz CT molecular complexity index is 268. The van der Waals surface area contributed by atoms with Crippen molar-refractivity contribution < 1.29 is 4.74 Å². The normalized spacial score (nSPS) is 17.4. The second-order valence-corrected chi connectivity index (χ2v) is 5.51. The van der Waals surface area contributed by atoms with Gasteiger partial charge < -0.3 is 20.3 Å². The zero-order valence-electron chi connectivity index (χ0n) is 13.9. The van der Waals surface area contributed by atoms with Gasteiger partial charge in [0.2, 0.25) is 0 Å². The van der Waals surface area contributed by atoms with Crippen molar-refractivity contribution in [1.29, 1.82) is 0 Å². The van der Waals surface area contributed by atoms with E-state index in [0.717, 1.165) is 44.6 Å². The molecule has 1 aliphatic rings. The minimum Gasteiger partial charge on any atom is -0.382 e. The number of guanidine groups is 1. The van der Waals surface area contributed by atoms with Gasteiger partial charge in [-0.05, 0) is 58.7 Å². The van der Waals surface area contributed by atoms with Crippen LogP contribution in [0.2, 0.25) is 0 Å². The van der Waals surface area contributed by atoms with Crippen LogP contribution < -0.4 is 10.6 Å². The molecule has 0 unspecified atom stereocenters. The Morgan fingerprint density at radius 1 is 1.24 bits per heavy atom. The van der Waals surface area contributed by atoms with E-state index in [0.29, 0.717) is 0 Å². The molecule has 5 nitrogen and oxygen atoms in total. The summed E-state index contributed by atoms with van der Waals surface area (Å²) in [7, 11) is 4.04. The quantitative estimate of drug-likeness (QED) is 0.277. The Kier molecular flexibility index (Phi) is 13.5. The summed E-state index contributed by atoms with van der Waals surface area (Å²) in [4.78, 5) is 6.67. The van der Waals surface area contributed by atoms with Crippen molar-refractivity contribution in [1.82, 2.24) is 15.5 Å². The molecule has 21 heavy (non-hydrogen) atoms. The molecule has 1 aliphatic heterocycles. The van der Waals surface area contributed by atoms with E-state index in [1.54, 1.807) is 0 Å². The van der Waals surface area contributed by atoms with Crippen LogP contribution in [0, 0.1) is 5.92 Å². The maximum atomic E-state index is 5.31. The van der Waals surface area contributed by atoms with Gasteiger partial charge in [-0.1, -0.05) is 0 Å². The van der Waals surface area contributed by atoms with Gasteiger partial charge in [-0.3, -0.25) is 4.99 Å². The van der Waals surface area contributed by atoms with Crippen LogP contribution in [0.1, 0.15) is 32.6 Å². The van der Waals surface area contributed by atoms with Gasteiger partial charge in [0, 0.05) is 33.4 Å². The van der Waals surface area contributed by atoms with Crippen molar-refractivity contribution in [3.8, 4) is 0 Å². The molecule has 1 heterocycles. The minimum atomic E-state index is 0. The van der Waals surface area contributed by atoms with Gasteiger partial charge in [-0.25, -0.2) is 0 Å². The average Bonchev–Trinajstić information content (AvgIpc) is 2.47. The number of likely N-dealkylation sites (tertiary alicyclic amines) is 1. The fraction of sp³-hybridized carbons (Fsp3) is 0.933. The molecule has 2 N–H and O–H groups in total. The van der Waals surface area contributed by atoms with Crippen LogP contribution >= 0.6 is 24.0 Å². The van der Waals surface area contributed by atoms with E-state index in [1.165, 1.54) is 32.4 Å². The summed E-state index contributed by atoms with van der Waals surface area (Å²) in [5.74, 6) is 1.78. The predicted octanol–water partition coefficient (Wildman–Crippen LogP) is 1.93. The van der Waals surface area contributed by atoms with Gasteiger partial charge in [-0.2, -0.15) is 0 Å². The fourth-order valence-electron chi connectivity index (χ4n) is 2.49. The van der Waals surface area contributed by atoms with Gasteiger partial charge >= 0.3 is 0 Å². The molecule has 0 aliphatic carbocycles. The number of halogens is 1. The minimum absolute atomic E-state index is 0. The predicted molar refractivity (Wildman–Crippen MR) is 101 cm³/mol. The Labute approximate surface area is 147 Å². The van der Waals surface area contributed by atoms with E-state index >= 15 is 0 Å². The lowest BCUT2D eigenvalue weighted by Crippen LogP contribution is -2.39. The summed E-state index contributed by atoms with van der Waals surface area (Å²) >= 11 is 0. The zero-order chi connectivity index (χ0) is 14.6. The Balaban J connectivity index is 0.00000400. The second kappa shape index (κ2) is 13.6. The van der Waals surface area contributed by atoms with E-state index in [2.05, 4.69) is 27.6 Å². The van der Waals surface area contributed by atoms with E-state index < -0.39 is 0 Å². The van der Waals surface area contributed by atoms with Crippen molar-refractivity contribution in [3.63, 3.8) is 0 Å². The summed E-state index contributed by atoms with van der Waals surface area (Å²) in [5.41, 5.74) is 0. The Morgan fingerprint density at radius 2 is 1.90 bits per heavy atom. The van der Waals surface area contributed by atoms with E-state index in [-0.39, 0.29) is 24.0 Å². The molecule has 6 heteroatoms. The molecule has 0 aromatic rings. The number of rotatable bonds is 8. The summed E-state index contributed by atoms with van der Waals surface area (Å²) in [5, 5.41) is 6.73. The lowest BCUT2D eigenvalue weighted by Gasteiger charge is -2.29. The van der Waals surface area contributed by atoms with Gasteiger partial charge in [0.15, 0.2) is 5.96 Å². The van der Waals surface area contributed by atoms with Crippen LogP contribution in [0.15, 0.2) is 4.99 Å². The highest BCUT2D eigenvalue weighted by Gasteiger charge is 2.15. The second-order valence-electron chi connectivity index (χ2n) is 5.51. The number of ether oxygens (including phenoxy) is 1. The molecule has 0 amide bonds. The molecule has 0 atom stereocenters. The third-order valence-corrected chi connectivity index (χ3v) is 3.87. The largest absolute Gasteiger partial charge is 0.382 e. The van der Waals surface area contributed by atoms with Crippen LogP contribution in [0.5, 0.6) is 0 Å². The summed E-state index contributed by atoms with van der Waals surface area (Å²) in [6.45, 7) is 8.05. The molecular formula is C15H33IN4O. The monoisotopic (exact) mass is 412 g/mol. The smallest absolute Gasteiger partial charge is 0.190 e. The molecule has 1 fully saturated rings. The molecule has 126 valence electrons. The average molecular weight is 412 g/mol. The number of hydrogen-bond acceptors (Lipinski definition) is 3. The van der Waals surface area contributed by atoms with Crippen LogP contribution in [-0.4, -0.2) is 64.3 Å². The fourth-order valence-corrected chi connectivity index (χ4v) is 2.49. The SMILES string of the molecule is CCOCCCNC(=NC)NCCC1CCN(C)CC1.I. The molecule has 0 bridgehead atoms. The molecular weight excluding hydrogens is 379 g/mol. The number of aliphatic imine (C=N–C) groups is 1. The van der Waals surface area contributed by atoms with E-state index in [1.807, 2.05) is 14.0 Å². The highest BCUT2D eigenvalue weighted by molar-refractivity contribution is 14.0. The lowest BCUT2D eigenvalue weighted by atomic mass is 9.94. The van der Waals surface area contributed by atoms with Crippen molar-refractivity contribution in [3.05, 3.63) is 0 Å². The first-order valence-corrected chi connectivity index (χ1v) is 7.97. The molecule has 0 spiro atoms. The maximum absolute atomic E-state index is 5.31. The standard InChI is InChI=1S/C15H32N4O.HI/c1-4-20-13-5-9-17-15(16-2)18-10-6-14-7-11-19(3)12-8-14;/h14H,4-13H2,1-3H3,(H2,16,17,18);1H. The van der Waals surface area contributed by atoms with Gasteiger partial charge in [-0.15, -0.1) is 24.0 Å². The maximum Gasteiger partial charge on any atom is 0.190 e. The third kappa shape index (κ3) is 10.3. The lowest BCUT2D eigenvalue weighted by molar-refractivity contribution is 0.145. The summed E-state index contributed by atoms with van der Waals surface area (Å²) in [6, 6.07) is 0. The molecule has 0 aromatic carbocycles. The highest BCUT2D eigenvalue weighted by atomic mass is 127. The third-order valence-electron chi connectivity index (χ3n) is 3.87. The first-order valence-electron chi connectivity index (χ1n) is 7.97. The summed E-state index contributed by atoms with van der Waals surface area (Å²) in [6.07, 6.45) is 4.92. The molecule has 0 radical (unpaired) electrons. The molecule has 0 aromatic heterocycles. The molecule has 0 saturated carbocycles.